The van der Waals surface area contributed by atoms with Crippen LogP contribution in [0.25, 0.3) is 0 Å². The molecule has 1 spiro atoms. The Morgan fingerprint density at radius 3 is 2.77 bits per heavy atom. The monoisotopic (exact) mass is 370 g/mol. The summed E-state index contributed by atoms with van der Waals surface area (Å²) in [5.74, 6) is 2.64. The van der Waals surface area contributed by atoms with E-state index in [-0.39, 0.29) is 16.8 Å². The summed E-state index contributed by atoms with van der Waals surface area (Å²) in [6.45, 7) is 1.63. The average Bonchev–Trinajstić information content (AvgIpc) is 3.06. The van der Waals surface area contributed by atoms with Gasteiger partial charge in [0.2, 0.25) is 11.8 Å². The van der Waals surface area contributed by atoms with Crippen molar-refractivity contribution in [3.8, 4) is 11.6 Å². The van der Waals surface area contributed by atoms with E-state index >= 15 is 0 Å². The SMILES string of the molecule is COc1ccc(CC(=O)N2CC3(CC(Oc4ccccn4)CS3)C2)cc1. The molecule has 2 fully saturated rings. The Kier molecular flexibility index (Phi) is 4.76. The van der Waals surface area contributed by atoms with E-state index in [1.54, 1.807) is 13.3 Å². The Bertz CT molecular complexity index is 760. The molecule has 1 amide bonds. The van der Waals surface area contributed by atoms with Crippen LogP contribution < -0.4 is 9.47 Å². The Labute approximate surface area is 157 Å². The van der Waals surface area contributed by atoms with E-state index in [4.69, 9.17) is 9.47 Å². The number of amides is 1. The van der Waals surface area contributed by atoms with Gasteiger partial charge in [0.1, 0.15) is 11.9 Å². The molecule has 136 valence electrons. The highest BCUT2D eigenvalue weighted by atomic mass is 32.2. The summed E-state index contributed by atoms with van der Waals surface area (Å²) < 4.78 is 11.3. The van der Waals surface area contributed by atoms with Crippen LogP contribution in [-0.2, 0) is 11.2 Å². The van der Waals surface area contributed by atoms with Crippen molar-refractivity contribution >= 4 is 17.7 Å². The number of thioether (sulfide) groups is 1. The zero-order valence-electron chi connectivity index (χ0n) is 14.8. The molecule has 6 heteroatoms. The Morgan fingerprint density at radius 1 is 1.27 bits per heavy atom. The lowest BCUT2D eigenvalue weighted by Crippen LogP contribution is -2.61. The van der Waals surface area contributed by atoms with Crippen molar-refractivity contribution in [2.24, 2.45) is 0 Å². The normalized spacial score (nSPS) is 20.7. The third-order valence-electron chi connectivity index (χ3n) is 4.93. The minimum Gasteiger partial charge on any atom is -0.497 e. The Balaban J connectivity index is 1.27. The molecule has 5 nitrogen and oxygen atoms in total. The number of carbonyl (C=O) groups excluding carboxylic acids is 1. The van der Waals surface area contributed by atoms with Crippen molar-refractivity contribution in [2.75, 3.05) is 26.0 Å². The molecule has 1 atom stereocenters. The largest absolute Gasteiger partial charge is 0.497 e. The predicted molar refractivity (Wildman–Crippen MR) is 102 cm³/mol. The van der Waals surface area contributed by atoms with Gasteiger partial charge in [-0.05, 0) is 23.8 Å². The van der Waals surface area contributed by atoms with Crippen LogP contribution in [0.15, 0.2) is 48.7 Å². The van der Waals surface area contributed by atoms with Gasteiger partial charge in [-0.1, -0.05) is 18.2 Å². The number of likely N-dealkylation sites (tertiary alicyclic amines) is 1. The summed E-state index contributed by atoms with van der Waals surface area (Å²) in [5, 5.41) is 0. The van der Waals surface area contributed by atoms with Crippen molar-refractivity contribution in [3.05, 3.63) is 54.2 Å². The van der Waals surface area contributed by atoms with Crippen molar-refractivity contribution in [3.63, 3.8) is 0 Å². The molecule has 2 aliphatic rings. The van der Waals surface area contributed by atoms with Crippen LogP contribution in [0.5, 0.6) is 11.6 Å². The second kappa shape index (κ2) is 7.19. The summed E-state index contributed by atoms with van der Waals surface area (Å²) in [4.78, 5) is 18.7. The van der Waals surface area contributed by atoms with Gasteiger partial charge in [0.25, 0.3) is 0 Å². The van der Waals surface area contributed by atoms with E-state index in [2.05, 4.69) is 4.98 Å². The highest BCUT2D eigenvalue weighted by molar-refractivity contribution is 8.01. The third-order valence-corrected chi connectivity index (χ3v) is 6.50. The molecule has 0 aliphatic carbocycles. The van der Waals surface area contributed by atoms with E-state index in [0.717, 1.165) is 36.6 Å². The Morgan fingerprint density at radius 2 is 2.08 bits per heavy atom. The van der Waals surface area contributed by atoms with Crippen LogP contribution >= 0.6 is 11.8 Å². The summed E-state index contributed by atoms with van der Waals surface area (Å²) in [6, 6.07) is 13.4. The van der Waals surface area contributed by atoms with Gasteiger partial charge in [-0.25, -0.2) is 4.98 Å². The molecule has 2 aliphatic heterocycles. The molecular weight excluding hydrogens is 348 g/mol. The van der Waals surface area contributed by atoms with Gasteiger partial charge < -0.3 is 14.4 Å². The first-order chi connectivity index (χ1) is 12.7. The minimum absolute atomic E-state index is 0.162. The molecule has 1 aromatic carbocycles. The lowest BCUT2D eigenvalue weighted by Gasteiger charge is -2.47. The number of hydrogen-bond acceptors (Lipinski definition) is 5. The van der Waals surface area contributed by atoms with Crippen LogP contribution in [-0.4, -0.2) is 52.6 Å². The summed E-state index contributed by atoms with van der Waals surface area (Å²) in [6.07, 6.45) is 3.34. The first-order valence-corrected chi connectivity index (χ1v) is 9.77. The molecule has 0 radical (unpaired) electrons. The zero-order valence-corrected chi connectivity index (χ0v) is 15.6. The number of carbonyl (C=O) groups is 1. The number of aromatic nitrogens is 1. The van der Waals surface area contributed by atoms with Crippen LogP contribution in [0.4, 0.5) is 0 Å². The van der Waals surface area contributed by atoms with E-state index in [0.29, 0.717) is 12.3 Å². The molecule has 26 heavy (non-hydrogen) atoms. The first kappa shape index (κ1) is 17.2. The number of nitrogens with zero attached hydrogens (tertiary/aromatic N) is 2. The van der Waals surface area contributed by atoms with Crippen molar-refractivity contribution in [2.45, 2.75) is 23.7 Å². The first-order valence-electron chi connectivity index (χ1n) is 8.78. The lowest BCUT2D eigenvalue weighted by molar-refractivity contribution is -0.135. The van der Waals surface area contributed by atoms with Crippen LogP contribution in [0.1, 0.15) is 12.0 Å². The van der Waals surface area contributed by atoms with Crippen LogP contribution in [0.3, 0.4) is 0 Å². The van der Waals surface area contributed by atoms with Crippen molar-refractivity contribution in [1.82, 2.24) is 9.88 Å². The molecule has 1 unspecified atom stereocenters. The topological polar surface area (TPSA) is 51.7 Å². The van der Waals surface area contributed by atoms with Gasteiger partial charge in [-0.3, -0.25) is 4.79 Å². The van der Waals surface area contributed by atoms with E-state index in [1.165, 1.54) is 0 Å². The highest BCUT2D eigenvalue weighted by Gasteiger charge is 2.51. The molecule has 2 aromatic rings. The van der Waals surface area contributed by atoms with Gasteiger partial charge in [-0.2, -0.15) is 0 Å². The second-order valence-electron chi connectivity index (χ2n) is 6.88. The van der Waals surface area contributed by atoms with E-state index in [1.807, 2.05) is 59.1 Å². The van der Waals surface area contributed by atoms with Crippen molar-refractivity contribution in [1.29, 1.82) is 0 Å². The fourth-order valence-electron chi connectivity index (χ4n) is 3.54. The molecule has 3 heterocycles. The smallest absolute Gasteiger partial charge is 0.227 e. The predicted octanol–water partition coefficient (Wildman–Crippen LogP) is 2.80. The lowest BCUT2D eigenvalue weighted by atomic mass is 9.92. The molecule has 1 aromatic heterocycles. The average molecular weight is 370 g/mol. The zero-order chi connectivity index (χ0) is 18.0. The number of pyridine rings is 1. The second-order valence-corrected chi connectivity index (χ2v) is 8.37. The fraction of sp³-hybridized carbons (Fsp3) is 0.400. The van der Waals surface area contributed by atoms with Gasteiger partial charge in [0.15, 0.2) is 0 Å². The maximum atomic E-state index is 12.5. The fourth-order valence-corrected chi connectivity index (χ4v) is 5.06. The van der Waals surface area contributed by atoms with Gasteiger partial charge in [-0.15, -0.1) is 11.8 Å². The van der Waals surface area contributed by atoms with Crippen LogP contribution in [0.2, 0.25) is 0 Å². The summed E-state index contributed by atoms with van der Waals surface area (Å²) in [5.41, 5.74) is 1.02. The van der Waals surface area contributed by atoms with Gasteiger partial charge in [0.05, 0.1) is 18.3 Å². The molecule has 0 bridgehead atoms. The van der Waals surface area contributed by atoms with Crippen LogP contribution in [0, 0.1) is 0 Å². The summed E-state index contributed by atoms with van der Waals surface area (Å²) >= 11 is 1.93. The van der Waals surface area contributed by atoms with E-state index in [9.17, 15) is 4.79 Å². The molecule has 2 saturated heterocycles. The maximum Gasteiger partial charge on any atom is 0.227 e. The standard InChI is InChI=1S/C20H22N2O3S/c1-24-16-7-5-15(6-8-16)10-19(23)22-13-20(14-22)11-17(12-26-20)25-18-4-2-3-9-21-18/h2-9,17H,10-14H2,1H3. The highest BCUT2D eigenvalue weighted by Crippen LogP contribution is 2.46. The number of benzene rings is 1. The molecule has 0 saturated carbocycles. The van der Waals surface area contributed by atoms with Gasteiger partial charge >= 0.3 is 0 Å². The van der Waals surface area contributed by atoms with E-state index < -0.39 is 0 Å². The molecule has 4 rings (SSSR count). The summed E-state index contributed by atoms with van der Waals surface area (Å²) in [7, 11) is 1.64. The van der Waals surface area contributed by atoms with Crippen molar-refractivity contribution < 1.29 is 14.3 Å². The number of methoxy groups -OCH3 is 1. The minimum atomic E-state index is 0.162. The number of ether oxygens (including phenoxy) is 2. The molecular formula is C20H22N2O3S. The number of hydrogen-bond donors (Lipinski definition) is 0. The quantitative estimate of drug-likeness (QED) is 0.810. The Hall–Kier alpha value is -2.21. The maximum absolute atomic E-state index is 12.5. The van der Waals surface area contributed by atoms with Gasteiger partial charge in [0, 0.05) is 37.5 Å². The number of rotatable bonds is 5. The molecule has 0 N–H and O–H groups in total. The third kappa shape index (κ3) is 3.65.